The van der Waals surface area contributed by atoms with E-state index in [0.29, 0.717) is 19.8 Å². The first-order valence-electron chi connectivity index (χ1n) is 6.23. The van der Waals surface area contributed by atoms with Gasteiger partial charge in [-0.3, -0.25) is 0 Å². The fraction of sp³-hybridized carbons (Fsp3) is 0.571. The predicted octanol–water partition coefficient (Wildman–Crippen LogP) is 1.73. The van der Waals surface area contributed by atoms with E-state index in [1.54, 1.807) is 7.11 Å². The lowest BCUT2D eigenvalue weighted by molar-refractivity contribution is -0.0976. The van der Waals surface area contributed by atoms with Crippen molar-refractivity contribution in [2.45, 2.75) is 26.0 Å². The number of methoxy groups -OCH3 is 1. The lowest BCUT2D eigenvalue weighted by Gasteiger charge is -2.29. The normalized spacial score (nSPS) is 21.7. The molecule has 1 saturated heterocycles. The molecule has 0 saturated carbocycles. The Morgan fingerprint density at radius 2 is 2.06 bits per heavy atom. The van der Waals surface area contributed by atoms with Crippen molar-refractivity contribution in [2.24, 2.45) is 5.73 Å². The summed E-state index contributed by atoms with van der Waals surface area (Å²) in [5.41, 5.74) is 9.60. The number of rotatable bonds is 3. The summed E-state index contributed by atoms with van der Waals surface area (Å²) in [7, 11) is 1.68. The number of ether oxygens (including phenoxy) is 3. The van der Waals surface area contributed by atoms with Crippen molar-refractivity contribution in [1.82, 2.24) is 0 Å². The average Bonchev–Trinajstić information content (AvgIpc) is 2.41. The molecule has 1 aromatic carbocycles. The maximum Gasteiger partial charge on any atom is 0.122 e. The second-order valence-corrected chi connectivity index (χ2v) is 4.69. The molecule has 100 valence electrons. The molecule has 1 heterocycles. The predicted molar refractivity (Wildman–Crippen MR) is 70.0 cm³/mol. The molecule has 0 aromatic heterocycles. The standard InChI is InChI=1S/C14H21NO3/c1-9-7-12(16-3)10(2)6-11(9)14(15)13-8-17-4-5-18-13/h6-7,13-14H,4-5,8,15H2,1-3H3. The van der Waals surface area contributed by atoms with Gasteiger partial charge in [0.25, 0.3) is 0 Å². The van der Waals surface area contributed by atoms with Crippen LogP contribution < -0.4 is 10.5 Å². The summed E-state index contributed by atoms with van der Waals surface area (Å²) in [4.78, 5) is 0. The molecule has 2 unspecified atom stereocenters. The van der Waals surface area contributed by atoms with E-state index in [-0.39, 0.29) is 12.1 Å². The van der Waals surface area contributed by atoms with E-state index in [2.05, 4.69) is 6.07 Å². The van der Waals surface area contributed by atoms with Crippen LogP contribution in [0.15, 0.2) is 12.1 Å². The Hall–Kier alpha value is -1.10. The molecule has 18 heavy (non-hydrogen) atoms. The summed E-state index contributed by atoms with van der Waals surface area (Å²) in [6, 6.07) is 3.94. The average molecular weight is 251 g/mol. The highest BCUT2D eigenvalue weighted by molar-refractivity contribution is 5.43. The van der Waals surface area contributed by atoms with Crippen LogP contribution in [-0.2, 0) is 9.47 Å². The van der Waals surface area contributed by atoms with Crippen molar-refractivity contribution < 1.29 is 14.2 Å². The third kappa shape index (κ3) is 2.66. The molecule has 1 aliphatic heterocycles. The van der Waals surface area contributed by atoms with Crippen molar-refractivity contribution in [3.8, 4) is 5.75 Å². The molecular weight excluding hydrogens is 230 g/mol. The fourth-order valence-corrected chi connectivity index (χ4v) is 2.30. The number of benzene rings is 1. The summed E-state index contributed by atoms with van der Waals surface area (Å²) < 4.78 is 16.4. The molecule has 4 nitrogen and oxygen atoms in total. The zero-order valence-electron chi connectivity index (χ0n) is 11.2. The van der Waals surface area contributed by atoms with Gasteiger partial charge in [-0.05, 0) is 36.6 Å². The van der Waals surface area contributed by atoms with E-state index in [1.807, 2.05) is 19.9 Å². The van der Waals surface area contributed by atoms with Gasteiger partial charge in [-0.15, -0.1) is 0 Å². The zero-order chi connectivity index (χ0) is 13.1. The first kappa shape index (κ1) is 13.3. The largest absolute Gasteiger partial charge is 0.496 e. The smallest absolute Gasteiger partial charge is 0.122 e. The quantitative estimate of drug-likeness (QED) is 0.889. The van der Waals surface area contributed by atoms with Crippen LogP contribution in [0.2, 0.25) is 0 Å². The van der Waals surface area contributed by atoms with Crippen molar-refractivity contribution in [3.63, 3.8) is 0 Å². The van der Waals surface area contributed by atoms with Gasteiger partial charge < -0.3 is 19.9 Å². The SMILES string of the molecule is COc1cc(C)c(C(N)C2COCCO2)cc1C. The molecule has 2 rings (SSSR count). The third-order valence-corrected chi connectivity index (χ3v) is 3.38. The molecule has 0 spiro atoms. The molecule has 2 atom stereocenters. The minimum Gasteiger partial charge on any atom is -0.496 e. The molecule has 0 amide bonds. The number of aryl methyl sites for hydroxylation is 2. The molecule has 0 bridgehead atoms. The first-order valence-corrected chi connectivity index (χ1v) is 6.23. The van der Waals surface area contributed by atoms with Gasteiger partial charge in [0.1, 0.15) is 11.9 Å². The van der Waals surface area contributed by atoms with Crippen LogP contribution in [0.4, 0.5) is 0 Å². The highest BCUT2D eigenvalue weighted by Gasteiger charge is 2.25. The maximum atomic E-state index is 6.29. The van der Waals surface area contributed by atoms with E-state index >= 15 is 0 Å². The minimum atomic E-state index is -0.157. The van der Waals surface area contributed by atoms with Gasteiger partial charge in [-0.2, -0.15) is 0 Å². The van der Waals surface area contributed by atoms with E-state index in [0.717, 1.165) is 22.4 Å². The monoisotopic (exact) mass is 251 g/mol. The Labute approximate surface area is 108 Å². The van der Waals surface area contributed by atoms with Gasteiger partial charge in [0.05, 0.1) is 33.0 Å². The summed E-state index contributed by atoms with van der Waals surface area (Å²) in [5.74, 6) is 0.893. The number of nitrogens with two attached hydrogens (primary N) is 1. The number of hydrogen-bond donors (Lipinski definition) is 1. The van der Waals surface area contributed by atoms with E-state index in [1.165, 1.54) is 0 Å². The van der Waals surface area contributed by atoms with Gasteiger partial charge >= 0.3 is 0 Å². The molecule has 0 aliphatic carbocycles. The van der Waals surface area contributed by atoms with Gasteiger partial charge in [-0.1, -0.05) is 6.07 Å². The van der Waals surface area contributed by atoms with Crippen molar-refractivity contribution >= 4 is 0 Å². The zero-order valence-corrected chi connectivity index (χ0v) is 11.2. The molecule has 1 aliphatic rings. The van der Waals surface area contributed by atoms with Crippen LogP contribution in [0.25, 0.3) is 0 Å². The molecule has 1 aromatic rings. The minimum absolute atomic E-state index is 0.0646. The van der Waals surface area contributed by atoms with Crippen LogP contribution in [0, 0.1) is 13.8 Å². The van der Waals surface area contributed by atoms with Crippen molar-refractivity contribution in [3.05, 3.63) is 28.8 Å². The summed E-state index contributed by atoms with van der Waals surface area (Å²) in [5, 5.41) is 0. The Bertz CT molecular complexity index is 414. The van der Waals surface area contributed by atoms with E-state index in [9.17, 15) is 0 Å². The topological polar surface area (TPSA) is 53.7 Å². The second-order valence-electron chi connectivity index (χ2n) is 4.69. The van der Waals surface area contributed by atoms with Crippen LogP contribution in [0.1, 0.15) is 22.7 Å². The van der Waals surface area contributed by atoms with Crippen LogP contribution >= 0.6 is 0 Å². The molecule has 0 radical (unpaired) electrons. The van der Waals surface area contributed by atoms with E-state index in [4.69, 9.17) is 19.9 Å². The lowest BCUT2D eigenvalue weighted by Crippen LogP contribution is -2.38. The van der Waals surface area contributed by atoms with Crippen LogP contribution in [-0.4, -0.2) is 33.0 Å². The Morgan fingerprint density at radius 3 is 2.67 bits per heavy atom. The second kappa shape index (κ2) is 5.69. The Morgan fingerprint density at radius 1 is 1.28 bits per heavy atom. The fourth-order valence-electron chi connectivity index (χ4n) is 2.30. The van der Waals surface area contributed by atoms with Crippen molar-refractivity contribution in [1.29, 1.82) is 0 Å². The van der Waals surface area contributed by atoms with Gasteiger partial charge in [0.15, 0.2) is 0 Å². The Kier molecular flexibility index (Phi) is 4.22. The highest BCUT2D eigenvalue weighted by atomic mass is 16.6. The van der Waals surface area contributed by atoms with E-state index < -0.39 is 0 Å². The summed E-state index contributed by atoms with van der Waals surface area (Å²) in [6.45, 7) is 5.90. The third-order valence-electron chi connectivity index (χ3n) is 3.38. The maximum absolute atomic E-state index is 6.29. The highest BCUT2D eigenvalue weighted by Crippen LogP contribution is 2.28. The van der Waals surface area contributed by atoms with Crippen LogP contribution in [0.5, 0.6) is 5.75 Å². The van der Waals surface area contributed by atoms with Gasteiger partial charge in [0.2, 0.25) is 0 Å². The van der Waals surface area contributed by atoms with Crippen molar-refractivity contribution in [2.75, 3.05) is 26.9 Å². The van der Waals surface area contributed by atoms with Gasteiger partial charge in [-0.25, -0.2) is 0 Å². The number of hydrogen-bond acceptors (Lipinski definition) is 4. The molecule has 2 N–H and O–H groups in total. The summed E-state index contributed by atoms with van der Waals surface area (Å²) in [6.07, 6.45) is -0.0646. The molecule has 1 fully saturated rings. The lowest BCUT2D eigenvalue weighted by atomic mass is 9.95. The molecular formula is C14H21NO3. The first-order chi connectivity index (χ1) is 8.63. The van der Waals surface area contributed by atoms with Gasteiger partial charge in [0, 0.05) is 0 Å². The Balaban J connectivity index is 2.23. The van der Waals surface area contributed by atoms with Crippen LogP contribution in [0.3, 0.4) is 0 Å². The molecule has 4 heteroatoms. The summed E-state index contributed by atoms with van der Waals surface area (Å²) >= 11 is 0.